The number of hydrogen-bond acceptors (Lipinski definition) is 5. The minimum atomic E-state index is -0.101. The standard InChI is InChI=1S/C17H25N3O2/c1-13(15-18-16(19-22-15)17(2,3)4)20(5)11-12-21-14-9-7-6-8-10-14/h6-10,13H,11-12H2,1-5H3/t13-/m1/s1. The maximum atomic E-state index is 5.71. The molecule has 0 aliphatic carbocycles. The normalized spacial score (nSPS) is 13.4. The Morgan fingerprint density at radius 3 is 2.50 bits per heavy atom. The van der Waals surface area contributed by atoms with Crippen molar-refractivity contribution in [3.63, 3.8) is 0 Å². The van der Waals surface area contributed by atoms with Gasteiger partial charge in [-0.2, -0.15) is 4.98 Å². The summed E-state index contributed by atoms with van der Waals surface area (Å²) in [5.41, 5.74) is -0.101. The molecule has 1 atom stereocenters. The molecule has 0 bridgehead atoms. The molecule has 2 rings (SSSR count). The summed E-state index contributed by atoms with van der Waals surface area (Å²) in [6.07, 6.45) is 0. The van der Waals surface area contributed by atoms with Gasteiger partial charge >= 0.3 is 0 Å². The number of aromatic nitrogens is 2. The lowest BCUT2D eigenvalue weighted by Crippen LogP contribution is -2.27. The van der Waals surface area contributed by atoms with E-state index in [1.807, 2.05) is 37.4 Å². The number of nitrogens with zero attached hydrogens (tertiary/aromatic N) is 3. The van der Waals surface area contributed by atoms with Gasteiger partial charge < -0.3 is 9.26 Å². The summed E-state index contributed by atoms with van der Waals surface area (Å²) in [7, 11) is 2.03. The van der Waals surface area contributed by atoms with E-state index in [4.69, 9.17) is 9.26 Å². The highest BCUT2D eigenvalue weighted by atomic mass is 16.5. The molecule has 0 N–H and O–H groups in total. The molecular weight excluding hydrogens is 278 g/mol. The number of benzene rings is 1. The molecule has 0 aliphatic rings. The second-order valence-corrected chi connectivity index (χ2v) is 6.52. The first-order chi connectivity index (χ1) is 10.4. The number of likely N-dealkylation sites (N-methyl/N-ethyl adjacent to an activating group) is 1. The lowest BCUT2D eigenvalue weighted by molar-refractivity contribution is 0.173. The number of rotatable bonds is 6. The van der Waals surface area contributed by atoms with Crippen LogP contribution < -0.4 is 4.74 Å². The summed E-state index contributed by atoms with van der Waals surface area (Å²) in [5, 5.41) is 4.07. The molecule has 0 saturated carbocycles. The molecule has 1 aromatic carbocycles. The fraction of sp³-hybridized carbons (Fsp3) is 0.529. The highest BCUT2D eigenvalue weighted by Crippen LogP contribution is 2.22. The largest absolute Gasteiger partial charge is 0.492 e. The van der Waals surface area contributed by atoms with E-state index in [0.29, 0.717) is 12.5 Å². The monoisotopic (exact) mass is 303 g/mol. The molecule has 5 nitrogen and oxygen atoms in total. The second-order valence-electron chi connectivity index (χ2n) is 6.52. The fourth-order valence-electron chi connectivity index (χ4n) is 1.92. The molecule has 0 saturated heterocycles. The molecule has 1 heterocycles. The van der Waals surface area contributed by atoms with Gasteiger partial charge in [-0.15, -0.1) is 0 Å². The molecule has 0 aliphatic heterocycles. The molecule has 1 aromatic heterocycles. The summed E-state index contributed by atoms with van der Waals surface area (Å²) >= 11 is 0. The first-order valence-corrected chi connectivity index (χ1v) is 7.60. The van der Waals surface area contributed by atoms with Crippen molar-refractivity contribution >= 4 is 0 Å². The lowest BCUT2D eigenvalue weighted by atomic mass is 9.96. The summed E-state index contributed by atoms with van der Waals surface area (Å²) in [4.78, 5) is 6.65. The Morgan fingerprint density at radius 2 is 1.91 bits per heavy atom. The van der Waals surface area contributed by atoms with E-state index < -0.39 is 0 Å². The van der Waals surface area contributed by atoms with Crippen LogP contribution in [0.15, 0.2) is 34.9 Å². The van der Waals surface area contributed by atoms with Crippen LogP contribution in [0.4, 0.5) is 0 Å². The number of ether oxygens (including phenoxy) is 1. The molecule has 0 unspecified atom stereocenters. The van der Waals surface area contributed by atoms with E-state index in [1.54, 1.807) is 0 Å². The van der Waals surface area contributed by atoms with Crippen molar-refractivity contribution in [2.75, 3.05) is 20.2 Å². The Bertz CT molecular complexity index is 575. The van der Waals surface area contributed by atoms with Gasteiger partial charge in [0.05, 0.1) is 6.04 Å². The Morgan fingerprint density at radius 1 is 1.23 bits per heavy atom. The summed E-state index contributed by atoms with van der Waals surface area (Å²) in [5.74, 6) is 2.27. The van der Waals surface area contributed by atoms with Gasteiger partial charge in [0.25, 0.3) is 0 Å². The predicted octanol–water partition coefficient (Wildman–Crippen LogP) is 3.44. The van der Waals surface area contributed by atoms with Crippen molar-refractivity contribution in [3.05, 3.63) is 42.0 Å². The van der Waals surface area contributed by atoms with Crippen molar-refractivity contribution in [2.24, 2.45) is 0 Å². The van der Waals surface area contributed by atoms with Crippen LogP contribution in [0.1, 0.15) is 45.5 Å². The average Bonchev–Trinajstić information content (AvgIpc) is 2.97. The van der Waals surface area contributed by atoms with E-state index in [9.17, 15) is 0 Å². The van der Waals surface area contributed by atoms with Crippen molar-refractivity contribution < 1.29 is 9.26 Å². The van der Waals surface area contributed by atoms with Crippen LogP contribution in [0.3, 0.4) is 0 Å². The highest BCUT2D eigenvalue weighted by molar-refractivity contribution is 5.20. The van der Waals surface area contributed by atoms with Gasteiger partial charge in [0.15, 0.2) is 5.82 Å². The molecule has 22 heavy (non-hydrogen) atoms. The maximum absolute atomic E-state index is 5.71. The van der Waals surface area contributed by atoms with Gasteiger partial charge in [0.1, 0.15) is 12.4 Å². The van der Waals surface area contributed by atoms with Gasteiger partial charge in [-0.1, -0.05) is 44.1 Å². The van der Waals surface area contributed by atoms with Gasteiger partial charge in [-0.3, -0.25) is 4.90 Å². The summed E-state index contributed by atoms with van der Waals surface area (Å²) < 4.78 is 11.1. The fourth-order valence-corrected chi connectivity index (χ4v) is 1.92. The zero-order chi connectivity index (χ0) is 16.2. The van der Waals surface area contributed by atoms with Gasteiger partial charge in [-0.25, -0.2) is 0 Å². The first kappa shape index (κ1) is 16.5. The SMILES string of the molecule is C[C@H](c1nc(C(C)(C)C)no1)N(C)CCOc1ccccc1. The van der Waals surface area contributed by atoms with Crippen LogP contribution >= 0.6 is 0 Å². The molecule has 5 heteroatoms. The van der Waals surface area contributed by atoms with Crippen molar-refractivity contribution in [3.8, 4) is 5.75 Å². The third-order valence-corrected chi connectivity index (χ3v) is 3.59. The molecule has 0 amide bonds. The van der Waals surface area contributed by atoms with Crippen molar-refractivity contribution in [1.29, 1.82) is 0 Å². The number of para-hydroxylation sites is 1. The van der Waals surface area contributed by atoms with E-state index in [0.717, 1.165) is 18.1 Å². The van der Waals surface area contributed by atoms with Crippen LogP contribution in [-0.4, -0.2) is 35.2 Å². The minimum absolute atomic E-state index is 0.0583. The topological polar surface area (TPSA) is 51.4 Å². The van der Waals surface area contributed by atoms with Crippen molar-refractivity contribution in [1.82, 2.24) is 15.0 Å². The van der Waals surface area contributed by atoms with E-state index >= 15 is 0 Å². The molecule has 120 valence electrons. The van der Waals surface area contributed by atoms with Gasteiger partial charge in [0.2, 0.25) is 5.89 Å². The Labute approximate surface area is 132 Å². The average molecular weight is 303 g/mol. The minimum Gasteiger partial charge on any atom is -0.492 e. The van der Waals surface area contributed by atoms with Crippen molar-refractivity contribution in [2.45, 2.75) is 39.2 Å². The third kappa shape index (κ3) is 4.31. The Balaban J connectivity index is 1.86. The van der Waals surface area contributed by atoms with Crippen LogP contribution in [0.25, 0.3) is 0 Å². The molecule has 0 fully saturated rings. The van der Waals surface area contributed by atoms with Gasteiger partial charge in [0, 0.05) is 12.0 Å². The summed E-state index contributed by atoms with van der Waals surface area (Å²) in [6.45, 7) is 9.67. The molecular formula is C17H25N3O2. The predicted molar refractivity (Wildman–Crippen MR) is 86.0 cm³/mol. The van der Waals surface area contributed by atoms with E-state index in [1.165, 1.54) is 0 Å². The summed E-state index contributed by atoms with van der Waals surface area (Å²) in [6, 6.07) is 9.88. The van der Waals surface area contributed by atoms with Crippen LogP contribution in [0.5, 0.6) is 5.75 Å². The maximum Gasteiger partial charge on any atom is 0.243 e. The van der Waals surface area contributed by atoms with Crippen LogP contribution in [-0.2, 0) is 5.41 Å². The van der Waals surface area contributed by atoms with E-state index in [-0.39, 0.29) is 11.5 Å². The molecule has 0 radical (unpaired) electrons. The van der Waals surface area contributed by atoms with Crippen LogP contribution in [0, 0.1) is 0 Å². The lowest BCUT2D eigenvalue weighted by Gasteiger charge is -2.21. The molecule has 2 aromatic rings. The van der Waals surface area contributed by atoms with E-state index in [2.05, 4.69) is 42.7 Å². The Hall–Kier alpha value is -1.88. The number of hydrogen-bond donors (Lipinski definition) is 0. The van der Waals surface area contributed by atoms with Gasteiger partial charge in [-0.05, 0) is 26.1 Å². The molecule has 0 spiro atoms. The quantitative estimate of drug-likeness (QED) is 0.818. The third-order valence-electron chi connectivity index (χ3n) is 3.59. The smallest absolute Gasteiger partial charge is 0.243 e. The van der Waals surface area contributed by atoms with Crippen LogP contribution in [0.2, 0.25) is 0 Å². The zero-order valence-corrected chi connectivity index (χ0v) is 14.0. The first-order valence-electron chi connectivity index (χ1n) is 7.60. The second kappa shape index (κ2) is 6.92. The Kier molecular flexibility index (Phi) is 5.19. The zero-order valence-electron chi connectivity index (χ0n) is 14.0. The highest BCUT2D eigenvalue weighted by Gasteiger charge is 2.24.